The third kappa shape index (κ3) is 3.44. The number of carbonyl (C=O) groups is 1. The normalized spacial score (nSPS) is 27.3. The molecule has 0 spiro atoms. The fourth-order valence-corrected chi connectivity index (χ4v) is 4.54. The van der Waals surface area contributed by atoms with Crippen LogP contribution in [0.1, 0.15) is 41.6 Å². The highest BCUT2D eigenvalue weighted by atomic mass is 16.5. The van der Waals surface area contributed by atoms with Gasteiger partial charge in [-0.15, -0.1) is 0 Å². The number of aromatic nitrogens is 1. The van der Waals surface area contributed by atoms with E-state index in [1.807, 2.05) is 54.3 Å². The lowest BCUT2D eigenvalue weighted by molar-refractivity contribution is -0.0788. The molecule has 1 saturated heterocycles. The van der Waals surface area contributed by atoms with Gasteiger partial charge in [-0.25, -0.2) is 4.98 Å². The maximum atomic E-state index is 13.2. The Kier molecular flexibility index (Phi) is 4.87. The zero-order valence-corrected chi connectivity index (χ0v) is 15.9. The zero-order chi connectivity index (χ0) is 18.9. The second-order valence-electron chi connectivity index (χ2n) is 7.58. The average Bonchev–Trinajstić information content (AvgIpc) is 3.07. The number of hydrogen-bond donors (Lipinski definition) is 0. The Morgan fingerprint density at radius 2 is 2.11 bits per heavy atom. The summed E-state index contributed by atoms with van der Waals surface area (Å²) >= 11 is 0. The maximum absolute atomic E-state index is 13.2. The monoisotopic (exact) mass is 366 g/mol. The number of benzene rings is 1. The fourth-order valence-electron chi connectivity index (χ4n) is 4.54. The van der Waals surface area contributed by atoms with Gasteiger partial charge in [-0.2, -0.15) is 0 Å². The van der Waals surface area contributed by atoms with Crippen LogP contribution in [0.2, 0.25) is 0 Å². The van der Waals surface area contributed by atoms with Crippen LogP contribution < -0.4 is 4.74 Å². The molecule has 4 rings (SSSR count). The standard InChI is InChI=1S/C22H26N2O3/c1-16-6-5-7-17(14-16)21(25)24-13-11-22(26-2)10-9-18(15-19(22)24)27-20-8-3-4-12-23-20/h3-8,12,14,18-19H,9-11,13,15H2,1-2H3/t18-,19+,22-/m1/s1. The number of nitrogens with zero attached hydrogens (tertiary/aromatic N) is 2. The molecule has 2 fully saturated rings. The molecule has 1 aromatic heterocycles. The van der Waals surface area contributed by atoms with Crippen molar-refractivity contribution in [3.05, 3.63) is 59.8 Å². The summed E-state index contributed by atoms with van der Waals surface area (Å²) in [6, 6.07) is 13.5. The van der Waals surface area contributed by atoms with Crippen LogP contribution in [0, 0.1) is 6.92 Å². The Bertz CT molecular complexity index is 810. The van der Waals surface area contributed by atoms with Crippen LogP contribution in [0.15, 0.2) is 48.7 Å². The predicted molar refractivity (Wildman–Crippen MR) is 103 cm³/mol. The molecule has 1 amide bonds. The zero-order valence-electron chi connectivity index (χ0n) is 15.9. The lowest BCUT2D eigenvalue weighted by Crippen LogP contribution is -2.53. The summed E-state index contributed by atoms with van der Waals surface area (Å²) in [6.07, 6.45) is 5.22. The number of methoxy groups -OCH3 is 1. The molecule has 2 aromatic rings. The van der Waals surface area contributed by atoms with Crippen LogP contribution in [0.4, 0.5) is 0 Å². The van der Waals surface area contributed by atoms with E-state index in [0.717, 1.165) is 43.4 Å². The molecule has 0 radical (unpaired) electrons. The van der Waals surface area contributed by atoms with Crippen molar-refractivity contribution in [1.29, 1.82) is 0 Å². The van der Waals surface area contributed by atoms with E-state index in [1.165, 1.54) is 0 Å². The Balaban J connectivity index is 1.55. The van der Waals surface area contributed by atoms with Crippen molar-refractivity contribution in [1.82, 2.24) is 9.88 Å². The third-order valence-corrected chi connectivity index (χ3v) is 5.99. The number of aryl methyl sites for hydroxylation is 1. The van der Waals surface area contributed by atoms with Crippen LogP contribution in [0.25, 0.3) is 0 Å². The SMILES string of the molecule is CO[C@@]12CC[C@@H](Oc3ccccn3)C[C@@H]1N(C(=O)c1cccc(C)c1)CC2. The van der Waals surface area contributed by atoms with Gasteiger partial charge in [-0.3, -0.25) is 4.79 Å². The third-order valence-electron chi connectivity index (χ3n) is 5.99. The molecule has 5 nitrogen and oxygen atoms in total. The molecule has 1 saturated carbocycles. The van der Waals surface area contributed by atoms with Gasteiger partial charge in [0.2, 0.25) is 5.88 Å². The Hall–Kier alpha value is -2.40. The van der Waals surface area contributed by atoms with Gasteiger partial charge in [0.15, 0.2) is 0 Å². The number of rotatable bonds is 4. The molecule has 0 unspecified atom stereocenters. The predicted octanol–water partition coefficient (Wildman–Crippen LogP) is 3.62. The van der Waals surface area contributed by atoms with E-state index in [0.29, 0.717) is 5.88 Å². The van der Waals surface area contributed by atoms with Crippen LogP contribution in [-0.4, -0.2) is 47.2 Å². The first-order valence-corrected chi connectivity index (χ1v) is 9.62. The van der Waals surface area contributed by atoms with Crippen LogP contribution in [0.5, 0.6) is 5.88 Å². The van der Waals surface area contributed by atoms with Gasteiger partial charge in [0.25, 0.3) is 5.91 Å². The molecular weight excluding hydrogens is 340 g/mol. The lowest BCUT2D eigenvalue weighted by Gasteiger charge is -2.43. The topological polar surface area (TPSA) is 51.7 Å². The van der Waals surface area contributed by atoms with Gasteiger partial charge >= 0.3 is 0 Å². The largest absolute Gasteiger partial charge is 0.474 e. The van der Waals surface area contributed by atoms with Crippen molar-refractivity contribution >= 4 is 5.91 Å². The van der Waals surface area contributed by atoms with Crippen LogP contribution in [0.3, 0.4) is 0 Å². The minimum Gasteiger partial charge on any atom is -0.474 e. The first-order chi connectivity index (χ1) is 13.1. The summed E-state index contributed by atoms with van der Waals surface area (Å²) in [5.74, 6) is 0.725. The van der Waals surface area contributed by atoms with E-state index in [2.05, 4.69) is 4.98 Å². The van der Waals surface area contributed by atoms with Crippen molar-refractivity contribution in [2.24, 2.45) is 0 Å². The minimum atomic E-state index is -0.260. The quantitative estimate of drug-likeness (QED) is 0.829. The molecule has 3 atom stereocenters. The van der Waals surface area contributed by atoms with Crippen molar-refractivity contribution in [3.63, 3.8) is 0 Å². The maximum Gasteiger partial charge on any atom is 0.254 e. The number of amides is 1. The Labute approximate surface area is 160 Å². The molecule has 2 heterocycles. The van der Waals surface area contributed by atoms with Crippen molar-refractivity contribution in [2.45, 2.75) is 50.4 Å². The molecular formula is C22H26N2O3. The number of fused-ring (bicyclic) bond motifs is 1. The van der Waals surface area contributed by atoms with E-state index in [9.17, 15) is 4.79 Å². The molecule has 1 aliphatic carbocycles. The van der Waals surface area contributed by atoms with E-state index in [4.69, 9.17) is 9.47 Å². The summed E-state index contributed by atoms with van der Waals surface area (Å²) < 4.78 is 12.1. The highest BCUT2D eigenvalue weighted by Crippen LogP contribution is 2.43. The summed E-state index contributed by atoms with van der Waals surface area (Å²) in [5, 5.41) is 0. The number of carbonyl (C=O) groups excluding carboxylic acids is 1. The van der Waals surface area contributed by atoms with E-state index in [1.54, 1.807) is 13.3 Å². The van der Waals surface area contributed by atoms with Gasteiger partial charge in [-0.1, -0.05) is 23.8 Å². The first-order valence-electron chi connectivity index (χ1n) is 9.62. The summed E-state index contributed by atoms with van der Waals surface area (Å²) in [7, 11) is 1.77. The Morgan fingerprint density at radius 3 is 2.85 bits per heavy atom. The van der Waals surface area contributed by atoms with Crippen molar-refractivity contribution in [2.75, 3.05) is 13.7 Å². The Morgan fingerprint density at radius 1 is 1.22 bits per heavy atom. The first kappa shape index (κ1) is 18.0. The van der Waals surface area contributed by atoms with Gasteiger partial charge in [0, 0.05) is 37.9 Å². The second kappa shape index (κ2) is 7.31. The van der Waals surface area contributed by atoms with Crippen LogP contribution >= 0.6 is 0 Å². The lowest BCUT2D eigenvalue weighted by atomic mass is 9.79. The van der Waals surface area contributed by atoms with Gasteiger partial charge in [-0.05, 0) is 44.4 Å². The molecule has 142 valence electrons. The smallest absolute Gasteiger partial charge is 0.254 e. The minimum absolute atomic E-state index is 0.0259. The molecule has 27 heavy (non-hydrogen) atoms. The molecule has 0 bridgehead atoms. The highest BCUT2D eigenvalue weighted by Gasteiger charge is 2.53. The van der Waals surface area contributed by atoms with Gasteiger partial charge in [0.1, 0.15) is 6.10 Å². The van der Waals surface area contributed by atoms with E-state index in [-0.39, 0.29) is 23.7 Å². The molecule has 2 aliphatic rings. The van der Waals surface area contributed by atoms with Crippen molar-refractivity contribution < 1.29 is 14.3 Å². The number of hydrogen-bond acceptors (Lipinski definition) is 4. The molecule has 5 heteroatoms. The summed E-state index contributed by atoms with van der Waals surface area (Å²) in [6.45, 7) is 2.74. The van der Waals surface area contributed by atoms with Crippen molar-refractivity contribution in [3.8, 4) is 5.88 Å². The molecule has 1 aromatic carbocycles. The number of likely N-dealkylation sites (tertiary alicyclic amines) is 1. The number of ether oxygens (including phenoxy) is 2. The van der Waals surface area contributed by atoms with Gasteiger partial charge in [0.05, 0.1) is 11.6 Å². The molecule has 0 N–H and O–H groups in total. The van der Waals surface area contributed by atoms with E-state index < -0.39 is 0 Å². The van der Waals surface area contributed by atoms with Crippen LogP contribution in [-0.2, 0) is 4.74 Å². The second-order valence-corrected chi connectivity index (χ2v) is 7.58. The number of pyridine rings is 1. The van der Waals surface area contributed by atoms with E-state index >= 15 is 0 Å². The van der Waals surface area contributed by atoms with Gasteiger partial charge < -0.3 is 14.4 Å². The average molecular weight is 366 g/mol. The molecule has 1 aliphatic heterocycles. The summed E-state index contributed by atoms with van der Waals surface area (Å²) in [4.78, 5) is 19.5. The summed E-state index contributed by atoms with van der Waals surface area (Å²) in [5.41, 5.74) is 1.58. The fraction of sp³-hybridized carbons (Fsp3) is 0.455. The highest BCUT2D eigenvalue weighted by molar-refractivity contribution is 5.95.